The van der Waals surface area contributed by atoms with Crippen LogP contribution in [0.4, 0.5) is 0 Å². The van der Waals surface area contributed by atoms with E-state index in [4.69, 9.17) is 5.73 Å². The lowest BCUT2D eigenvalue weighted by Gasteiger charge is -2.34. The molecule has 0 saturated heterocycles. The Balaban J connectivity index is 2.44. The Kier molecular flexibility index (Phi) is 6.26. The van der Waals surface area contributed by atoms with Crippen molar-refractivity contribution in [2.24, 2.45) is 11.7 Å². The summed E-state index contributed by atoms with van der Waals surface area (Å²) in [7, 11) is 0. The van der Waals surface area contributed by atoms with Crippen LogP contribution in [0.3, 0.4) is 0 Å². The number of hydrogen-bond acceptors (Lipinski definition) is 2. The van der Waals surface area contributed by atoms with Gasteiger partial charge in [0, 0.05) is 12.6 Å². The zero-order valence-corrected chi connectivity index (χ0v) is 10.5. The molecular formula is C13H28N2. The number of unbranched alkanes of at least 4 members (excludes halogenated alkanes) is 1. The lowest BCUT2D eigenvalue weighted by Crippen LogP contribution is -2.45. The van der Waals surface area contributed by atoms with Crippen LogP contribution < -0.4 is 5.73 Å². The topological polar surface area (TPSA) is 29.3 Å². The SMILES string of the molecule is CCCCN(CC)C(CN)C1CCCC1. The van der Waals surface area contributed by atoms with E-state index in [1.165, 1.54) is 51.6 Å². The molecule has 2 N–H and O–H groups in total. The Morgan fingerprint density at radius 3 is 2.40 bits per heavy atom. The summed E-state index contributed by atoms with van der Waals surface area (Å²) in [5, 5.41) is 0. The number of hydrogen-bond donors (Lipinski definition) is 1. The summed E-state index contributed by atoms with van der Waals surface area (Å²) in [6.07, 6.45) is 8.27. The molecule has 0 bridgehead atoms. The lowest BCUT2D eigenvalue weighted by molar-refractivity contribution is 0.152. The summed E-state index contributed by atoms with van der Waals surface area (Å²) in [4.78, 5) is 2.61. The first-order valence-electron chi connectivity index (χ1n) is 6.77. The third kappa shape index (κ3) is 3.76. The number of rotatable bonds is 7. The molecular weight excluding hydrogens is 184 g/mol. The molecule has 0 radical (unpaired) electrons. The van der Waals surface area contributed by atoms with Gasteiger partial charge in [0.2, 0.25) is 0 Å². The Morgan fingerprint density at radius 1 is 1.27 bits per heavy atom. The van der Waals surface area contributed by atoms with E-state index in [1.807, 2.05) is 0 Å². The molecule has 0 amide bonds. The normalized spacial score (nSPS) is 20.0. The van der Waals surface area contributed by atoms with Crippen LogP contribution in [0.2, 0.25) is 0 Å². The van der Waals surface area contributed by atoms with Crippen molar-refractivity contribution in [2.75, 3.05) is 19.6 Å². The van der Waals surface area contributed by atoms with E-state index in [0.29, 0.717) is 6.04 Å². The fourth-order valence-corrected chi connectivity index (χ4v) is 2.90. The molecule has 0 spiro atoms. The van der Waals surface area contributed by atoms with Crippen molar-refractivity contribution in [1.29, 1.82) is 0 Å². The van der Waals surface area contributed by atoms with E-state index < -0.39 is 0 Å². The zero-order valence-electron chi connectivity index (χ0n) is 10.5. The molecule has 2 heteroatoms. The number of nitrogens with two attached hydrogens (primary N) is 1. The van der Waals surface area contributed by atoms with E-state index in [9.17, 15) is 0 Å². The summed E-state index contributed by atoms with van der Waals surface area (Å²) in [5.41, 5.74) is 5.96. The van der Waals surface area contributed by atoms with Crippen molar-refractivity contribution in [3.05, 3.63) is 0 Å². The summed E-state index contributed by atoms with van der Waals surface area (Å²) in [6, 6.07) is 0.657. The Bertz CT molecular complexity index is 153. The fourth-order valence-electron chi connectivity index (χ4n) is 2.90. The van der Waals surface area contributed by atoms with Gasteiger partial charge in [-0.3, -0.25) is 4.90 Å². The minimum atomic E-state index is 0.657. The van der Waals surface area contributed by atoms with Crippen molar-refractivity contribution in [3.63, 3.8) is 0 Å². The molecule has 1 aliphatic rings. The van der Waals surface area contributed by atoms with Crippen molar-refractivity contribution in [2.45, 2.75) is 58.4 Å². The largest absolute Gasteiger partial charge is 0.329 e. The van der Waals surface area contributed by atoms with Crippen LogP contribution in [0.1, 0.15) is 52.4 Å². The van der Waals surface area contributed by atoms with Crippen molar-refractivity contribution >= 4 is 0 Å². The van der Waals surface area contributed by atoms with E-state index in [2.05, 4.69) is 18.7 Å². The molecule has 2 nitrogen and oxygen atoms in total. The number of likely N-dealkylation sites (N-methyl/N-ethyl adjacent to an activating group) is 1. The third-order valence-corrected chi connectivity index (χ3v) is 3.86. The van der Waals surface area contributed by atoms with Crippen LogP contribution in [-0.4, -0.2) is 30.6 Å². The average Bonchev–Trinajstić information content (AvgIpc) is 2.77. The second-order valence-electron chi connectivity index (χ2n) is 4.83. The van der Waals surface area contributed by atoms with Crippen LogP contribution in [0.25, 0.3) is 0 Å². The molecule has 1 rings (SSSR count). The Morgan fingerprint density at radius 2 is 1.93 bits per heavy atom. The van der Waals surface area contributed by atoms with Crippen LogP contribution in [0.5, 0.6) is 0 Å². The van der Waals surface area contributed by atoms with E-state index in [1.54, 1.807) is 0 Å². The van der Waals surface area contributed by atoms with Gasteiger partial charge in [0.1, 0.15) is 0 Å². The smallest absolute Gasteiger partial charge is 0.0246 e. The summed E-state index contributed by atoms with van der Waals surface area (Å²) in [6.45, 7) is 7.79. The highest BCUT2D eigenvalue weighted by molar-refractivity contribution is 4.83. The molecule has 0 aromatic rings. The lowest BCUT2D eigenvalue weighted by atomic mass is 9.96. The highest BCUT2D eigenvalue weighted by Crippen LogP contribution is 2.30. The maximum Gasteiger partial charge on any atom is 0.0246 e. The summed E-state index contributed by atoms with van der Waals surface area (Å²) < 4.78 is 0. The molecule has 90 valence electrons. The number of nitrogens with zero attached hydrogens (tertiary/aromatic N) is 1. The minimum Gasteiger partial charge on any atom is -0.329 e. The molecule has 15 heavy (non-hydrogen) atoms. The molecule has 1 unspecified atom stereocenters. The van der Waals surface area contributed by atoms with Crippen molar-refractivity contribution in [3.8, 4) is 0 Å². The van der Waals surface area contributed by atoms with Gasteiger partial charge in [-0.05, 0) is 38.3 Å². The monoisotopic (exact) mass is 212 g/mol. The van der Waals surface area contributed by atoms with Gasteiger partial charge in [0.05, 0.1) is 0 Å². The van der Waals surface area contributed by atoms with Crippen molar-refractivity contribution < 1.29 is 0 Å². The van der Waals surface area contributed by atoms with Gasteiger partial charge in [-0.15, -0.1) is 0 Å². The Hall–Kier alpha value is -0.0800. The molecule has 1 aliphatic carbocycles. The quantitative estimate of drug-likeness (QED) is 0.703. The second kappa shape index (κ2) is 7.24. The van der Waals surface area contributed by atoms with Crippen LogP contribution in [0, 0.1) is 5.92 Å². The average molecular weight is 212 g/mol. The summed E-state index contributed by atoms with van der Waals surface area (Å²) in [5.74, 6) is 0.881. The third-order valence-electron chi connectivity index (χ3n) is 3.86. The van der Waals surface area contributed by atoms with Gasteiger partial charge in [0.25, 0.3) is 0 Å². The zero-order chi connectivity index (χ0) is 11.1. The molecule has 0 aromatic carbocycles. The first-order chi connectivity index (χ1) is 7.33. The van der Waals surface area contributed by atoms with Crippen LogP contribution >= 0.6 is 0 Å². The van der Waals surface area contributed by atoms with E-state index in [-0.39, 0.29) is 0 Å². The van der Waals surface area contributed by atoms with Gasteiger partial charge in [0.15, 0.2) is 0 Å². The van der Waals surface area contributed by atoms with E-state index >= 15 is 0 Å². The standard InChI is InChI=1S/C13H28N2/c1-3-5-10-15(4-2)13(11-14)12-8-6-7-9-12/h12-13H,3-11,14H2,1-2H3. The first-order valence-corrected chi connectivity index (χ1v) is 6.77. The maximum atomic E-state index is 5.96. The highest BCUT2D eigenvalue weighted by Gasteiger charge is 2.27. The minimum absolute atomic E-state index is 0.657. The first kappa shape index (κ1) is 13.0. The highest BCUT2D eigenvalue weighted by atomic mass is 15.2. The van der Waals surface area contributed by atoms with Crippen LogP contribution in [0.15, 0.2) is 0 Å². The molecule has 0 heterocycles. The van der Waals surface area contributed by atoms with Gasteiger partial charge in [-0.1, -0.05) is 33.1 Å². The van der Waals surface area contributed by atoms with Crippen LogP contribution in [-0.2, 0) is 0 Å². The van der Waals surface area contributed by atoms with Gasteiger partial charge in [-0.2, -0.15) is 0 Å². The molecule has 0 aliphatic heterocycles. The molecule has 0 aromatic heterocycles. The Labute approximate surface area is 95.2 Å². The molecule has 1 atom stereocenters. The van der Waals surface area contributed by atoms with Gasteiger partial charge >= 0.3 is 0 Å². The maximum absolute atomic E-state index is 5.96. The summed E-state index contributed by atoms with van der Waals surface area (Å²) >= 11 is 0. The predicted octanol–water partition coefficient (Wildman–Crippen LogP) is 2.63. The fraction of sp³-hybridized carbons (Fsp3) is 1.00. The van der Waals surface area contributed by atoms with Gasteiger partial charge in [-0.25, -0.2) is 0 Å². The second-order valence-corrected chi connectivity index (χ2v) is 4.83. The predicted molar refractivity (Wildman–Crippen MR) is 67.0 cm³/mol. The molecule has 1 saturated carbocycles. The van der Waals surface area contributed by atoms with E-state index in [0.717, 1.165) is 12.5 Å². The van der Waals surface area contributed by atoms with Gasteiger partial charge < -0.3 is 5.73 Å². The van der Waals surface area contributed by atoms with Crippen molar-refractivity contribution in [1.82, 2.24) is 4.90 Å². The molecule has 1 fully saturated rings.